The van der Waals surface area contributed by atoms with E-state index in [-0.39, 0.29) is 11.4 Å². The van der Waals surface area contributed by atoms with Crippen LogP contribution in [-0.2, 0) is 10.9 Å². The van der Waals surface area contributed by atoms with Crippen molar-refractivity contribution in [2.75, 3.05) is 50.0 Å². The fourth-order valence-electron chi connectivity index (χ4n) is 2.84. The van der Waals surface area contributed by atoms with E-state index >= 15 is 0 Å². The van der Waals surface area contributed by atoms with Gasteiger partial charge in [0, 0.05) is 26.2 Å². The highest BCUT2D eigenvalue weighted by molar-refractivity contribution is 6.03. The maximum atomic E-state index is 13.0. The number of morpholine rings is 1. The molecule has 0 radical (unpaired) electrons. The first-order chi connectivity index (χ1) is 13.4. The van der Waals surface area contributed by atoms with E-state index in [0.29, 0.717) is 6.54 Å². The van der Waals surface area contributed by atoms with Crippen LogP contribution < -0.4 is 10.6 Å². The number of amides is 1. The Morgan fingerprint density at radius 2 is 1.89 bits per heavy atom. The molecule has 1 aromatic carbocycles. The summed E-state index contributed by atoms with van der Waals surface area (Å²) in [5.41, 5.74) is -0.421. The fraction of sp³-hybridized carbons (Fsp3) is 0.368. The van der Waals surface area contributed by atoms with E-state index in [2.05, 4.69) is 20.5 Å². The number of carbonyl (C=O) groups is 1. The van der Waals surface area contributed by atoms with Crippen LogP contribution in [0.15, 0.2) is 42.6 Å². The molecule has 0 unspecified atom stereocenters. The van der Waals surface area contributed by atoms with E-state index in [4.69, 9.17) is 4.74 Å². The Labute approximate surface area is 160 Å². The third-order valence-corrected chi connectivity index (χ3v) is 4.34. The summed E-state index contributed by atoms with van der Waals surface area (Å²) in [4.78, 5) is 18.6. The van der Waals surface area contributed by atoms with Crippen molar-refractivity contribution in [2.24, 2.45) is 0 Å². The zero-order valence-corrected chi connectivity index (χ0v) is 15.1. The van der Waals surface area contributed by atoms with E-state index in [0.717, 1.165) is 44.6 Å². The van der Waals surface area contributed by atoms with Crippen molar-refractivity contribution in [2.45, 2.75) is 6.18 Å². The molecule has 3 rings (SSSR count). The number of para-hydroxylation sites is 1. The van der Waals surface area contributed by atoms with Gasteiger partial charge in [-0.05, 0) is 24.3 Å². The normalized spacial score (nSPS) is 15.2. The second kappa shape index (κ2) is 9.03. The first-order valence-corrected chi connectivity index (χ1v) is 8.91. The number of hydrogen-bond acceptors (Lipinski definition) is 5. The Balaban J connectivity index is 1.55. The summed E-state index contributed by atoms with van der Waals surface area (Å²) in [5, 5.41) is 5.49. The van der Waals surface area contributed by atoms with Crippen LogP contribution in [0.4, 0.5) is 24.5 Å². The van der Waals surface area contributed by atoms with Gasteiger partial charge >= 0.3 is 6.18 Å². The fourth-order valence-corrected chi connectivity index (χ4v) is 2.84. The molecule has 6 nitrogen and oxygen atoms in total. The molecule has 1 fully saturated rings. The van der Waals surface area contributed by atoms with Gasteiger partial charge in [0.05, 0.1) is 36.3 Å². The molecular weight excluding hydrogens is 373 g/mol. The van der Waals surface area contributed by atoms with Crippen molar-refractivity contribution < 1.29 is 22.7 Å². The summed E-state index contributed by atoms with van der Waals surface area (Å²) in [5.74, 6) is -0.698. The Morgan fingerprint density at radius 1 is 1.14 bits per heavy atom. The summed E-state index contributed by atoms with van der Waals surface area (Å²) < 4.78 is 44.4. The molecule has 2 aromatic rings. The molecule has 1 aliphatic heterocycles. The zero-order chi connectivity index (χ0) is 20.0. The molecule has 2 N–H and O–H groups in total. The summed E-state index contributed by atoms with van der Waals surface area (Å²) in [6.07, 6.45) is -3.06. The first-order valence-electron chi connectivity index (χ1n) is 8.91. The summed E-state index contributed by atoms with van der Waals surface area (Å²) >= 11 is 0. The zero-order valence-electron chi connectivity index (χ0n) is 15.1. The number of benzene rings is 1. The van der Waals surface area contributed by atoms with Gasteiger partial charge in [-0.15, -0.1) is 0 Å². The molecule has 1 aromatic heterocycles. The SMILES string of the molecule is O=C(Nc1ccccc1C(F)(F)F)c1ccc(NCCN2CCOCC2)cn1. The number of carbonyl (C=O) groups excluding carboxylic acids is 1. The lowest BCUT2D eigenvalue weighted by molar-refractivity contribution is -0.136. The molecule has 150 valence electrons. The Kier molecular flexibility index (Phi) is 6.48. The van der Waals surface area contributed by atoms with Crippen molar-refractivity contribution in [3.05, 3.63) is 53.9 Å². The number of ether oxygens (including phenoxy) is 1. The molecule has 9 heteroatoms. The van der Waals surface area contributed by atoms with Crippen molar-refractivity contribution >= 4 is 17.3 Å². The van der Waals surface area contributed by atoms with Gasteiger partial charge in [-0.25, -0.2) is 4.98 Å². The van der Waals surface area contributed by atoms with Crippen molar-refractivity contribution in [1.29, 1.82) is 0 Å². The van der Waals surface area contributed by atoms with Gasteiger partial charge in [0.1, 0.15) is 5.69 Å². The number of nitrogens with one attached hydrogen (secondary N) is 2. The highest BCUT2D eigenvalue weighted by Crippen LogP contribution is 2.34. The average Bonchev–Trinajstić information content (AvgIpc) is 2.69. The van der Waals surface area contributed by atoms with Crippen LogP contribution in [0.1, 0.15) is 16.1 Å². The molecule has 0 atom stereocenters. The topological polar surface area (TPSA) is 66.5 Å². The quantitative estimate of drug-likeness (QED) is 0.788. The lowest BCUT2D eigenvalue weighted by atomic mass is 10.1. The molecule has 1 saturated heterocycles. The largest absolute Gasteiger partial charge is 0.418 e. The summed E-state index contributed by atoms with van der Waals surface area (Å²) in [7, 11) is 0. The van der Waals surface area contributed by atoms with Crippen LogP contribution in [0.25, 0.3) is 0 Å². The summed E-state index contributed by atoms with van der Waals surface area (Å²) in [6, 6.07) is 7.99. The molecule has 1 aliphatic rings. The van der Waals surface area contributed by atoms with E-state index in [9.17, 15) is 18.0 Å². The number of anilines is 2. The maximum Gasteiger partial charge on any atom is 0.418 e. The number of pyridine rings is 1. The van der Waals surface area contributed by atoms with Crippen LogP contribution in [0.3, 0.4) is 0 Å². The van der Waals surface area contributed by atoms with E-state index < -0.39 is 17.6 Å². The molecule has 0 spiro atoms. The van der Waals surface area contributed by atoms with Gasteiger partial charge < -0.3 is 15.4 Å². The first kappa shape index (κ1) is 20.1. The molecule has 28 heavy (non-hydrogen) atoms. The van der Waals surface area contributed by atoms with Gasteiger partial charge in [-0.2, -0.15) is 13.2 Å². The number of halogens is 3. The standard InChI is InChI=1S/C19H21F3N4O2/c20-19(21,22)15-3-1-2-4-16(15)25-18(27)17-6-5-14(13-24-17)23-7-8-26-9-11-28-12-10-26/h1-6,13,23H,7-12H2,(H,25,27). The van der Waals surface area contributed by atoms with Crippen molar-refractivity contribution in [1.82, 2.24) is 9.88 Å². The minimum Gasteiger partial charge on any atom is -0.383 e. The minimum absolute atomic E-state index is 0.0377. The van der Waals surface area contributed by atoms with E-state index in [1.165, 1.54) is 30.5 Å². The second-order valence-electron chi connectivity index (χ2n) is 6.31. The Hall–Kier alpha value is -2.65. The van der Waals surface area contributed by atoms with Gasteiger partial charge in [0.15, 0.2) is 0 Å². The van der Waals surface area contributed by atoms with Crippen molar-refractivity contribution in [3.63, 3.8) is 0 Å². The van der Waals surface area contributed by atoms with Crippen LogP contribution >= 0.6 is 0 Å². The van der Waals surface area contributed by atoms with Crippen LogP contribution in [-0.4, -0.2) is 55.2 Å². The lowest BCUT2D eigenvalue weighted by Crippen LogP contribution is -2.39. The monoisotopic (exact) mass is 394 g/mol. The highest BCUT2D eigenvalue weighted by atomic mass is 19.4. The third-order valence-electron chi connectivity index (χ3n) is 4.34. The Bertz CT molecular complexity index is 791. The van der Waals surface area contributed by atoms with Crippen LogP contribution in [0.2, 0.25) is 0 Å². The smallest absolute Gasteiger partial charge is 0.383 e. The number of rotatable bonds is 6. The average molecular weight is 394 g/mol. The van der Waals surface area contributed by atoms with Gasteiger partial charge in [-0.1, -0.05) is 12.1 Å². The lowest BCUT2D eigenvalue weighted by Gasteiger charge is -2.26. The maximum absolute atomic E-state index is 13.0. The van der Waals surface area contributed by atoms with E-state index in [1.807, 2.05) is 0 Å². The molecule has 0 bridgehead atoms. The van der Waals surface area contributed by atoms with Gasteiger partial charge in [0.25, 0.3) is 5.91 Å². The second-order valence-corrected chi connectivity index (χ2v) is 6.31. The number of hydrogen-bond donors (Lipinski definition) is 2. The molecule has 2 heterocycles. The minimum atomic E-state index is -4.55. The van der Waals surface area contributed by atoms with Gasteiger partial charge in [-0.3, -0.25) is 9.69 Å². The van der Waals surface area contributed by atoms with Crippen LogP contribution in [0.5, 0.6) is 0 Å². The number of aromatic nitrogens is 1. The number of nitrogens with zero attached hydrogens (tertiary/aromatic N) is 2. The molecule has 0 saturated carbocycles. The van der Waals surface area contributed by atoms with Gasteiger partial charge in [0.2, 0.25) is 0 Å². The third kappa shape index (κ3) is 5.43. The van der Waals surface area contributed by atoms with Crippen molar-refractivity contribution in [3.8, 4) is 0 Å². The van der Waals surface area contributed by atoms with E-state index in [1.54, 1.807) is 6.07 Å². The predicted molar refractivity (Wildman–Crippen MR) is 99.4 cm³/mol. The summed E-state index contributed by atoms with van der Waals surface area (Å²) in [6.45, 7) is 4.86. The number of alkyl halides is 3. The molecule has 0 aliphatic carbocycles. The predicted octanol–water partition coefficient (Wildman–Crippen LogP) is 3.10. The Morgan fingerprint density at radius 3 is 2.57 bits per heavy atom. The highest BCUT2D eigenvalue weighted by Gasteiger charge is 2.33. The molecule has 1 amide bonds. The van der Waals surface area contributed by atoms with Crippen LogP contribution in [0, 0.1) is 0 Å². The molecular formula is C19H21F3N4O2.